The van der Waals surface area contributed by atoms with Crippen molar-refractivity contribution in [2.75, 3.05) is 7.05 Å². The van der Waals surface area contributed by atoms with E-state index in [2.05, 4.69) is 10.6 Å². The Kier molecular flexibility index (Phi) is 6.27. The highest BCUT2D eigenvalue weighted by molar-refractivity contribution is 5.94. The van der Waals surface area contributed by atoms with Crippen LogP contribution in [0, 0.1) is 5.82 Å². The number of amides is 2. The molecule has 0 spiro atoms. The fourth-order valence-corrected chi connectivity index (χ4v) is 1.89. The number of halogens is 1. The molecule has 0 saturated heterocycles. The summed E-state index contributed by atoms with van der Waals surface area (Å²) in [5.41, 5.74) is -0.592. The number of benzene rings is 1. The van der Waals surface area contributed by atoms with Crippen molar-refractivity contribution in [3.63, 3.8) is 0 Å². The van der Waals surface area contributed by atoms with E-state index >= 15 is 0 Å². The number of hydrogen-bond donors (Lipinski definition) is 3. The van der Waals surface area contributed by atoms with Gasteiger partial charge in [0.25, 0.3) is 5.91 Å². The number of carbonyl (C=O) groups is 3. The standard InChI is InChI=1S/C16H21FN2O5/c1-16(2,3)24-15(23)19-12(14(21)22)8-9-5-6-10(11(17)7-9)13(20)18-4/h5-7,12H,8H2,1-4H3,(H,18,20)(H,19,23)(H,21,22)/t12-/m0/s1. The molecule has 8 heteroatoms. The zero-order valence-corrected chi connectivity index (χ0v) is 14.0. The van der Waals surface area contributed by atoms with E-state index in [4.69, 9.17) is 4.74 Å². The van der Waals surface area contributed by atoms with Crippen LogP contribution in [0.25, 0.3) is 0 Å². The smallest absolute Gasteiger partial charge is 0.408 e. The van der Waals surface area contributed by atoms with Gasteiger partial charge in [0, 0.05) is 13.5 Å². The Labute approximate surface area is 139 Å². The molecule has 0 aliphatic heterocycles. The maximum atomic E-state index is 13.9. The van der Waals surface area contributed by atoms with E-state index in [1.54, 1.807) is 20.8 Å². The third-order valence-electron chi connectivity index (χ3n) is 2.93. The van der Waals surface area contributed by atoms with E-state index < -0.39 is 35.4 Å². The first kappa shape index (κ1) is 19.4. The van der Waals surface area contributed by atoms with Gasteiger partial charge in [-0.15, -0.1) is 0 Å². The van der Waals surface area contributed by atoms with Crippen molar-refractivity contribution in [2.45, 2.75) is 38.8 Å². The minimum absolute atomic E-state index is 0.145. The van der Waals surface area contributed by atoms with Crippen LogP contribution in [-0.2, 0) is 16.0 Å². The number of rotatable bonds is 5. The number of alkyl carbamates (subject to hydrolysis) is 1. The molecule has 0 unspecified atom stereocenters. The fraction of sp³-hybridized carbons (Fsp3) is 0.438. The van der Waals surface area contributed by atoms with Crippen LogP contribution in [0.4, 0.5) is 9.18 Å². The van der Waals surface area contributed by atoms with Gasteiger partial charge in [-0.05, 0) is 38.5 Å². The summed E-state index contributed by atoms with van der Waals surface area (Å²) >= 11 is 0. The molecule has 0 heterocycles. The summed E-state index contributed by atoms with van der Waals surface area (Å²) < 4.78 is 18.9. The molecule has 0 aromatic heterocycles. The number of carboxylic acids is 1. The predicted molar refractivity (Wildman–Crippen MR) is 84.3 cm³/mol. The number of ether oxygens (including phenoxy) is 1. The first-order valence-electron chi connectivity index (χ1n) is 7.26. The van der Waals surface area contributed by atoms with Gasteiger partial charge < -0.3 is 20.5 Å². The molecule has 0 fully saturated rings. The molecule has 132 valence electrons. The lowest BCUT2D eigenvalue weighted by Crippen LogP contribution is -2.44. The minimum atomic E-state index is -1.29. The number of carboxylic acid groups (broad SMARTS) is 1. The lowest BCUT2D eigenvalue weighted by molar-refractivity contribution is -0.139. The number of nitrogens with one attached hydrogen (secondary N) is 2. The lowest BCUT2D eigenvalue weighted by Gasteiger charge is -2.22. The van der Waals surface area contributed by atoms with E-state index in [1.807, 2.05) is 0 Å². The molecule has 1 aromatic carbocycles. The monoisotopic (exact) mass is 340 g/mol. The van der Waals surface area contributed by atoms with E-state index in [-0.39, 0.29) is 12.0 Å². The van der Waals surface area contributed by atoms with E-state index in [0.29, 0.717) is 5.56 Å². The number of hydrogen-bond acceptors (Lipinski definition) is 4. The molecular formula is C16H21FN2O5. The van der Waals surface area contributed by atoms with Crippen LogP contribution in [0.5, 0.6) is 0 Å². The van der Waals surface area contributed by atoms with Crippen molar-refractivity contribution in [3.05, 3.63) is 35.1 Å². The van der Waals surface area contributed by atoms with Crippen LogP contribution in [0.1, 0.15) is 36.7 Å². The molecule has 0 aliphatic carbocycles. The molecule has 0 saturated carbocycles. The predicted octanol–water partition coefficient (Wildman–Crippen LogP) is 1.71. The third kappa shape index (κ3) is 5.86. The van der Waals surface area contributed by atoms with Crippen LogP contribution in [0.15, 0.2) is 18.2 Å². The molecule has 1 aromatic rings. The first-order valence-corrected chi connectivity index (χ1v) is 7.26. The Balaban J connectivity index is 2.86. The van der Waals surface area contributed by atoms with Gasteiger partial charge in [-0.3, -0.25) is 4.79 Å². The van der Waals surface area contributed by atoms with Gasteiger partial charge in [0.15, 0.2) is 0 Å². The van der Waals surface area contributed by atoms with Crippen LogP contribution < -0.4 is 10.6 Å². The Hall–Kier alpha value is -2.64. The van der Waals surface area contributed by atoms with Gasteiger partial charge in [0.05, 0.1) is 5.56 Å². The normalized spacial score (nSPS) is 12.2. The second-order valence-corrected chi connectivity index (χ2v) is 6.13. The Morgan fingerprint density at radius 3 is 2.38 bits per heavy atom. The van der Waals surface area contributed by atoms with Crippen molar-refractivity contribution in [1.82, 2.24) is 10.6 Å². The third-order valence-corrected chi connectivity index (χ3v) is 2.93. The first-order chi connectivity index (χ1) is 11.0. The van der Waals surface area contributed by atoms with Crippen LogP contribution in [-0.4, -0.2) is 41.8 Å². The summed E-state index contributed by atoms with van der Waals surface area (Å²) in [5.74, 6) is -2.63. The minimum Gasteiger partial charge on any atom is -0.480 e. The molecule has 0 radical (unpaired) electrons. The second kappa shape index (κ2) is 7.76. The van der Waals surface area contributed by atoms with Crippen LogP contribution in [0.2, 0.25) is 0 Å². The molecule has 1 atom stereocenters. The van der Waals surface area contributed by atoms with Crippen molar-refractivity contribution in [2.24, 2.45) is 0 Å². The van der Waals surface area contributed by atoms with E-state index in [9.17, 15) is 23.9 Å². The summed E-state index contributed by atoms with van der Waals surface area (Å²) in [6, 6.07) is 2.47. The number of carbonyl (C=O) groups excluding carboxylic acids is 2. The highest BCUT2D eigenvalue weighted by Gasteiger charge is 2.24. The summed E-state index contributed by atoms with van der Waals surface area (Å²) in [6.07, 6.45) is -1.03. The van der Waals surface area contributed by atoms with Crippen LogP contribution in [0.3, 0.4) is 0 Å². The zero-order valence-electron chi connectivity index (χ0n) is 14.0. The molecule has 0 bridgehead atoms. The van der Waals surface area contributed by atoms with Gasteiger partial charge in [-0.25, -0.2) is 14.0 Å². The van der Waals surface area contributed by atoms with Crippen LogP contribution >= 0.6 is 0 Å². The maximum Gasteiger partial charge on any atom is 0.408 e. The van der Waals surface area contributed by atoms with Crippen molar-refractivity contribution in [1.29, 1.82) is 0 Å². The highest BCUT2D eigenvalue weighted by Crippen LogP contribution is 2.13. The van der Waals surface area contributed by atoms with Crippen molar-refractivity contribution < 1.29 is 28.6 Å². The summed E-state index contributed by atoms with van der Waals surface area (Å²) in [4.78, 5) is 34.4. The quantitative estimate of drug-likeness (QED) is 0.757. The van der Waals surface area contributed by atoms with Gasteiger partial charge >= 0.3 is 12.1 Å². The fourth-order valence-electron chi connectivity index (χ4n) is 1.89. The molecule has 1 rings (SSSR count). The summed E-state index contributed by atoms with van der Waals surface area (Å²) in [6.45, 7) is 4.94. The Morgan fingerprint density at radius 1 is 1.29 bits per heavy atom. The highest BCUT2D eigenvalue weighted by atomic mass is 19.1. The Bertz CT molecular complexity index is 640. The van der Waals surface area contributed by atoms with Gasteiger partial charge in [-0.1, -0.05) is 6.07 Å². The largest absolute Gasteiger partial charge is 0.480 e. The maximum absolute atomic E-state index is 13.9. The summed E-state index contributed by atoms with van der Waals surface area (Å²) in [7, 11) is 1.38. The Morgan fingerprint density at radius 2 is 1.92 bits per heavy atom. The average molecular weight is 340 g/mol. The average Bonchev–Trinajstić information content (AvgIpc) is 2.43. The van der Waals surface area contributed by atoms with Gasteiger partial charge in [0.2, 0.25) is 0 Å². The number of aliphatic carboxylic acids is 1. The molecule has 7 nitrogen and oxygen atoms in total. The van der Waals surface area contributed by atoms with Crippen molar-refractivity contribution in [3.8, 4) is 0 Å². The molecule has 3 N–H and O–H groups in total. The SMILES string of the molecule is CNC(=O)c1ccc(C[C@H](NC(=O)OC(C)(C)C)C(=O)O)cc1F. The molecule has 0 aliphatic rings. The summed E-state index contributed by atoms with van der Waals surface area (Å²) in [5, 5.41) is 13.7. The topological polar surface area (TPSA) is 105 Å². The van der Waals surface area contributed by atoms with E-state index in [0.717, 1.165) is 6.07 Å². The van der Waals surface area contributed by atoms with Crippen molar-refractivity contribution >= 4 is 18.0 Å². The zero-order chi connectivity index (χ0) is 18.5. The molecular weight excluding hydrogens is 319 g/mol. The molecule has 24 heavy (non-hydrogen) atoms. The van der Waals surface area contributed by atoms with Gasteiger partial charge in [-0.2, -0.15) is 0 Å². The second-order valence-electron chi connectivity index (χ2n) is 6.13. The molecule has 2 amide bonds. The van der Waals surface area contributed by atoms with Gasteiger partial charge in [0.1, 0.15) is 17.5 Å². The lowest BCUT2D eigenvalue weighted by atomic mass is 10.0. The van der Waals surface area contributed by atoms with E-state index in [1.165, 1.54) is 19.2 Å².